The topological polar surface area (TPSA) is 159 Å². The Kier molecular flexibility index (Phi) is 11.3. The predicted octanol–water partition coefficient (Wildman–Crippen LogP) is 6.25. The average Bonchev–Trinajstić information content (AvgIpc) is 3.95. The number of fused-ring (bicyclic) bond motifs is 2. The van der Waals surface area contributed by atoms with Crippen molar-refractivity contribution >= 4 is 57.8 Å². The molecule has 9 rings (SSSR count). The minimum atomic E-state index is -0.670. The Balaban J connectivity index is 0.770. The summed E-state index contributed by atoms with van der Waals surface area (Å²) in [7, 11) is 2.07. The van der Waals surface area contributed by atoms with Gasteiger partial charge in [-0.1, -0.05) is 6.07 Å². The molecule has 15 heteroatoms. The van der Waals surface area contributed by atoms with Crippen molar-refractivity contribution in [3.05, 3.63) is 83.2 Å². The molecule has 2 atom stereocenters. The second-order valence-corrected chi connectivity index (χ2v) is 18.4. The number of imide groups is 1. The first kappa shape index (κ1) is 41.5. The van der Waals surface area contributed by atoms with E-state index in [1.165, 1.54) is 0 Å². The van der Waals surface area contributed by atoms with E-state index in [9.17, 15) is 24.0 Å². The molecule has 2 aromatic carbocycles. The number of aromatic nitrogens is 2. The number of hydrogen-bond acceptors (Lipinski definition) is 11. The van der Waals surface area contributed by atoms with Gasteiger partial charge in [-0.15, -0.1) is 0 Å². The van der Waals surface area contributed by atoms with Crippen LogP contribution in [0.1, 0.15) is 110 Å². The molecule has 0 bridgehead atoms. The van der Waals surface area contributed by atoms with E-state index < -0.39 is 23.6 Å². The lowest BCUT2D eigenvalue weighted by Crippen LogP contribution is -2.52. The molecular weight excluding hydrogens is 789 g/mol. The van der Waals surface area contributed by atoms with Crippen molar-refractivity contribution in [1.82, 2.24) is 24.7 Å². The van der Waals surface area contributed by atoms with E-state index in [0.29, 0.717) is 35.4 Å². The van der Waals surface area contributed by atoms with Crippen molar-refractivity contribution in [1.29, 1.82) is 0 Å². The van der Waals surface area contributed by atoms with Crippen molar-refractivity contribution < 1.29 is 33.4 Å². The van der Waals surface area contributed by atoms with Crippen molar-refractivity contribution in [3.63, 3.8) is 0 Å². The van der Waals surface area contributed by atoms with Gasteiger partial charge in [0.05, 0.1) is 23.8 Å². The third-order valence-electron chi connectivity index (χ3n) is 13.1. The molecule has 5 aliphatic rings. The van der Waals surface area contributed by atoms with E-state index in [-0.39, 0.29) is 42.4 Å². The van der Waals surface area contributed by atoms with Gasteiger partial charge in [0.1, 0.15) is 17.5 Å². The molecule has 4 fully saturated rings. The quantitative estimate of drug-likeness (QED) is 0.193. The van der Waals surface area contributed by atoms with E-state index in [4.69, 9.17) is 9.47 Å². The number of amides is 4. The van der Waals surface area contributed by atoms with Gasteiger partial charge in [0.2, 0.25) is 11.8 Å². The average molecular weight is 845 g/mol. The zero-order chi connectivity index (χ0) is 43.3. The fraction of sp³-hybridized carbons (Fsp3) is 0.489. The molecule has 4 amide bonds. The number of ether oxygens (including phenoxy) is 2. The summed E-state index contributed by atoms with van der Waals surface area (Å²) in [6.45, 7) is 10.2. The van der Waals surface area contributed by atoms with E-state index >= 15 is 0 Å². The molecule has 326 valence electrons. The number of nitrogens with zero attached hydrogens (tertiary/aromatic N) is 6. The largest absolute Gasteiger partial charge is 0.443 e. The maximum atomic E-state index is 13.6. The first-order valence-corrected chi connectivity index (χ1v) is 22.1. The van der Waals surface area contributed by atoms with Crippen LogP contribution in [0.15, 0.2) is 60.8 Å². The van der Waals surface area contributed by atoms with E-state index in [0.717, 1.165) is 99.3 Å². The zero-order valence-electron chi connectivity index (χ0n) is 36.0. The number of rotatable bonds is 8. The summed E-state index contributed by atoms with van der Waals surface area (Å²) in [6.07, 6.45) is 7.74. The van der Waals surface area contributed by atoms with E-state index in [1.807, 2.05) is 63.2 Å². The summed E-state index contributed by atoms with van der Waals surface area (Å²) in [5, 5.41) is 6.13. The van der Waals surface area contributed by atoms with Gasteiger partial charge < -0.3 is 29.5 Å². The second kappa shape index (κ2) is 16.8. The summed E-state index contributed by atoms with van der Waals surface area (Å²) in [6, 6.07) is 16.7. The molecular formula is C47H56N8O7. The van der Waals surface area contributed by atoms with Gasteiger partial charge in [0.25, 0.3) is 11.8 Å². The third-order valence-corrected chi connectivity index (χ3v) is 13.1. The summed E-state index contributed by atoms with van der Waals surface area (Å²) < 4.78 is 14.1. The van der Waals surface area contributed by atoms with Crippen LogP contribution in [0.3, 0.4) is 0 Å². The fourth-order valence-corrected chi connectivity index (χ4v) is 9.86. The molecule has 5 aliphatic heterocycles. The Hall–Kier alpha value is -5.80. The molecule has 2 N–H and O–H groups in total. The van der Waals surface area contributed by atoms with Crippen LogP contribution in [-0.2, 0) is 25.6 Å². The summed E-state index contributed by atoms with van der Waals surface area (Å²) >= 11 is 0. The molecule has 15 nitrogen and oxygen atoms in total. The lowest BCUT2D eigenvalue weighted by atomic mass is 10.0. The molecule has 4 aromatic rings. The number of carbonyl (C=O) groups excluding carboxylic acids is 5. The van der Waals surface area contributed by atoms with Crippen molar-refractivity contribution in [3.8, 4) is 0 Å². The summed E-state index contributed by atoms with van der Waals surface area (Å²) in [5.41, 5.74) is 5.02. The Morgan fingerprint density at radius 3 is 2.21 bits per heavy atom. The minimum absolute atomic E-state index is 0.0796. The molecule has 2 aromatic heterocycles. The number of hydrogen-bond donors (Lipinski definition) is 2. The Morgan fingerprint density at radius 2 is 1.55 bits per heavy atom. The number of piperidine rings is 3. The van der Waals surface area contributed by atoms with E-state index in [1.54, 1.807) is 21.7 Å². The third kappa shape index (κ3) is 8.39. The van der Waals surface area contributed by atoms with Gasteiger partial charge >= 0.3 is 6.09 Å². The van der Waals surface area contributed by atoms with Gasteiger partial charge in [0.15, 0.2) is 0 Å². The molecule has 0 saturated carbocycles. The van der Waals surface area contributed by atoms with Gasteiger partial charge in [-0.25, -0.2) is 14.3 Å². The summed E-state index contributed by atoms with van der Waals surface area (Å²) in [5.74, 6) is -0.771. The number of anilines is 3. The van der Waals surface area contributed by atoms with Gasteiger partial charge in [-0.05, 0) is 122 Å². The SMILES string of the molecule is CN1CCC[C@@H]1c1cc2cnc(NC(=O)c3ccc(N4CCC(OC5CCN(c6cccc7c6CN(C6CCC(=O)NC6=O)C7=O)CC5)CC4)cc3)cc2n1C(=O)OC(C)(C)C. The van der Waals surface area contributed by atoms with Crippen LogP contribution in [0.25, 0.3) is 10.9 Å². The lowest BCUT2D eigenvalue weighted by Gasteiger charge is -2.39. The van der Waals surface area contributed by atoms with Crippen molar-refractivity contribution in [2.45, 2.75) is 109 Å². The molecule has 0 spiro atoms. The second-order valence-electron chi connectivity index (χ2n) is 18.4. The number of benzene rings is 2. The smallest absolute Gasteiger partial charge is 0.419 e. The highest BCUT2D eigenvalue weighted by Crippen LogP contribution is 2.37. The number of pyridine rings is 1. The maximum Gasteiger partial charge on any atom is 0.419 e. The molecule has 7 heterocycles. The predicted molar refractivity (Wildman–Crippen MR) is 234 cm³/mol. The van der Waals surface area contributed by atoms with Crippen LogP contribution >= 0.6 is 0 Å². The van der Waals surface area contributed by atoms with E-state index in [2.05, 4.69) is 43.4 Å². The molecule has 4 saturated heterocycles. The lowest BCUT2D eigenvalue weighted by molar-refractivity contribution is -0.136. The normalized spacial score (nSPS) is 21.7. The number of nitrogens with one attached hydrogen (secondary N) is 2. The monoisotopic (exact) mass is 844 g/mol. The van der Waals surface area contributed by atoms with Crippen LogP contribution in [0, 0.1) is 0 Å². The zero-order valence-corrected chi connectivity index (χ0v) is 36.0. The molecule has 1 unspecified atom stereocenters. The first-order chi connectivity index (χ1) is 29.8. The standard InChI is InChI=1S/C47H56N8O7/c1-47(2,3)62-46(60)55-39-26-41(48-27-30(39)25-40(55)37-9-6-20-51(37)4)49-43(57)29-10-12-31(13-11-29)52-21-16-32(17-22-52)61-33-18-23-53(24-19-33)36-8-5-7-34-35(36)28-54(45(34)59)38-14-15-42(56)50-44(38)58/h5,7-8,10-13,25-27,32-33,37-38H,6,9,14-24,28H2,1-4H3,(H,48,49,57)(H,50,56,58)/t37-,38?/m1/s1. The van der Waals surface area contributed by atoms with Crippen LogP contribution < -0.4 is 20.4 Å². The highest BCUT2D eigenvalue weighted by Gasteiger charge is 2.41. The van der Waals surface area contributed by atoms with Crippen molar-refractivity contribution in [2.75, 3.05) is 54.9 Å². The Morgan fingerprint density at radius 1 is 0.839 bits per heavy atom. The van der Waals surface area contributed by atoms with Gasteiger partial charge in [-0.2, -0.15) is 0 Å². The van der Waals surface area contributed by atoms with Crippen LogP contribution in [0.2, 0.25) is 0 Å². The molecule has 0 aliphatic carbocycles. The maximum absolute atomic E-state index is 13.6. The fourth-order valence-electron chi connectivity index (χ4n) is 9.86. The highest BCUT2D eigenvalue weighted by atomic mass is 16.6. The summed E-state index contributed by atoms with van der Waals surface area (Å²) in [4.78, 5) is 77.7. The van der Waals surface area contributed by atoms with Gasteiger partial charge in [0, 0.05) is 90.6 Å². The number of carbonyl (C=O) groups is 5. The van der Waals surface area contributed by atoms with Crippen LogP contribution in [-0.4, -0.2) is 113 Å². The first-order valence-electron chi connectivity index (χ1n) is 22.1. The Labute approximate surface area is 361 Å². The van der Waals surface area contributed by atoms with Crippen molar-refractivity contribution in [2.24, 2.45) is 0 Å². The molecule has 0 radical (unpaired) electrons. The van der Waals surface area contributed by atoms with Crippen LogP contribution in [0.5, 0.6) is 0 Å². The number of likely N-dealkylation sites (tertiary alicyclic amines) is 1. The highest BCUT2D eigenvalue weighted by molar-refractivity contribution is 6.06. The molecule has 62 heavy (non-hydrogen) atoms. The van der Waals surface area contributed by atoms with Crippen LogP contribution in [0.4, 0.5) is 22.0 Å². The van der Waals surface area contributed by atoms with Gasteiger partial charge in [-0.3, -0.25) is 29.4 Å². The Bertz CT molecular complexity index is 2390. The minimum Gasteiger partial charge on any atom is -0.443 e.